The zero-order chi connectivity index (χ0) is 16.7. The molecule has 4 nitrogen and oxygen atoms in total. The lowest BCUT2D eigenvalue weighted by Gasteiger charge is -2.10. The fourth-order valence-corrected chi connectivity index (χ4v) is 1.98. The summed E-state index contributed by atoms with van der Waals surface area (Å²) in [6.07, 6.45) is 9.54. The van der Waals surface area contributed by atoms with Crippen LogP contribution >= 0.6 is 0 Å². The summed E-state index contributed by atoms with van der Waals surface area (Å²) in [7, 11) is 1.73. The molecule has 1 rings (SSSR count). The molecule has 0 aliphatic carbocycles. The number of aliphatic imine (C=N–C) groups is 1. The minimum Gasteiger partial charge on any atom is -0.281 e. The fraction of sp³-hybridized carbons (Fsp3) is 0.389. The third kappa shape index (κ3) is 4.05. The van der Waals surface area contributed by atoms with Crippen molar-refractivity contribution in [3.63, 3.8) is 0 Å². The zero-order valence-corrected chi connectivity index (χ0v) is 14.0. The second kappa shape index (κ2) is 8.14. The van der Waals surface area contributed by atoms with Crippen LogP contribution in [0.4, 0.5) is 0 Å². The molecule has 0 amide bonds. The Labute approximate surface area is 132 Å². The summed E-state index contributed by atoms with van der Waals surface area (Å²) < 4.78 is 1.96. The van der Waals surface area contributed by atoms with E-state index >= 15 is 0 Å². The average molecular weight is 296 g/mol. The number of imidazole rings is 1. The van der Waals surface area contributed by atoms with Crippen LogP contribution in [0.1, 0.15) is 39.4 Å². The maximum atomic E-state index is 8.90. The smallest absolute Gasteiger partial charge is 0.133 e. The van der Waals surface area contributed by atoms with Gasteiger partial charge in [-0.15, -0.1) is 0 Å². The van der Waals surface area contributed by atoms with Crippen molar-refractivity contribution in [1.82, 2.24) is 9.55 Å². The van der Waals surface area contributed by atoms with Crippen molar-refractivity contribution < 1.29 is 0 Å². The highest BCUT2D eigenvalue weighted by atomic mass is 15.1. The largest absolute Gasteiger partial charge is 0.281 e. The zero-order valence-electron chi connectivity index (χ0n) is 14.0. The molecule has 0 bridgehead atoms. The van der Waals surface area contributed by atoms with Crippen LogP contribution < -0.4 is 10.7 Å². The molecule has 22 heavy (non-hydrogen) atoms. The molecule has 0 radical (unpaired) electrons. The Balaban J connectivity index is 3.51. The molecule has 116 valence electrons. The van der Waals surface area contributed by atoms with E-state index in [9.17, 15) is 0 Å². The molecule has 0 aromatic carbocycles. The van der Waals surface area contributed by atoms with E-state index in [1.165, 1.54) is 0 Å². The molecule has 0 saturated heterocycles. The van der Waals surface area contributed by atoms with Gasteiger partial charge in [-0.2, -0.15) is 5.26 Å². The lowest BCUT2D eigenvalue weighted by molar-refractivity contribution is 0.760. The van der Waals surface area contributed by atoms with Crippen LogP contribution in [-0.2, 0) is 0 Å². The lowest BCUT2D eigenvalue weighted by Crippen LogP contribution is -2.32. The van der Waals surface area contributed by atoms with Gasteiger partial charge in [-0.1, -0.05) is 38.7 Å². The Morgan fingerprint density at radius 2 is 2.09 bits per heavy atom. The van der Waals surface area contributed by atoms with Crippen molar-refractivity contribution in [1.29, 1.82) is 5.26 Å². The summed E-state index contributed by atoms with van der Waals surface area (Å²) >= 11 is 0. The number of allylic oxidation sites excluding steroid dienone is 4. The van der Waals surface area contributed by atoms with Gasteiger partial charge in [-0.05, 0) is 26.0 Å². The first-order chi connectivity index (χ1) is 10.5. The second-order valence-corrected chi connectivity index (χ2v) is 5.34. The second-order valence-electron chi connectivity index (χ2n) is 5.34. The van der Waals surface area contributed by atoms with Gasteiger partial charge in [-0.25, -0.2) is 4.98 Å². The molecule has 1 atom stereocenters. The topological polar surface area (TPSA) is 54.0 Å². The summed E-state index contributed by atoms with van der Waals surface area (Å²) in [4.78, 5) is 9.01. The summed E-state index contributed by atoms with van der Waals surface area (Å²) in [5, 5.41) is 10.5. The minimum atomic E-state index is -0.162. The van der Waals surface area contributed by atoms with Crippen molar-refractivity contribution in [3.05, 3.63) is 40.8 Å². The molecule has 4 heteroatoms. The third-order valence-corrected chi connectivity index (χ3v) is 3.19. The summed E-state index contributed by atoms with van der Waals surface area (Å²) in [5.41, 5.74) is 0. The van der Waals surface area contributed by atoms with Gasteiger partial charge < -0.3 is 0 Å². The van der Waals surface area contributed by atoms with Crippen molar-refractivity contribution in [2.24, 2.45) is 10.9 Å². The van der Waals surface area contributed by atoms with Gasteiger partial charge in [0.15, 0.2) is 0 Å². The molecule has 1 heterocycles. The van der Waals surface area contributed by atoms with Gasteiger partial charge >= 0.3 is 0 Å². The Kier molecular flexibility index (Phi) is 6.52. The number of hydrogen-bond donors (Lipinski definition) is 0. The lowest BCUT2D eigenvalue weighted by atomic mass is 10.2. The molecule has 1 unspecified atom stereocenters. The highest BCUT2D eigenvalue weighted by Gasteiger charge is 2.13. The van der Waals surface area contributed by atoms with Gasteiger partial charge in [0.1, 0.15) is 11.7 Å². The van der Waals surface area contributed by atoms with Gasteiger partial charge in [0, 0.05) is 13.0 Å². The van der Waals surface area contributed by atoms with E-state index in [2.05, 4.69) is 36.5 Å². The average Bonchev–Trinajstić information content (AvgIpc) is 2.83. The first kappa shape index (κ1) is 17.6. The molecule has 0 spiro atoms. The minimum absolute atomic E-state index is 0.162. The monoisotopic (exact) mass is 296 g/mol. The van der Waals surface area contributed by atoms with Crippen molar-refractivity contribution >= 4 is 18.5 Å². The van der Waals surface area contributed by atoms with Gasteiger partial charge in [-0.3, -0.25) is 9.56 Å². The van der Waals surface area contributed by atoms with Crippen LogP contribution in [-0.4, -0.2) is 22.4 Å². The van der Waals surface area contributed by atoms with E-state index in [1.807, 2.05) is 48.8 Å². The Hall–Kier alpha value is -2.41. The van der Waals surface area contributed by atoms with Crippen molar-refractivity contribution in [3.8, 4) is 6.07 Å². The molecule has 0 N–H and O–H groups in total. The standard InChI is InChI=1S/C18H24N4/c1-7-8-9-16-15(5)22(18(21-16)13(2)3)17(20-6)11-10-14(4)12-19/h7-11,13-14H,5H2,1-4,6H3/b8-7-,11-10-,16-9+,20-17+. The highest BCUT2D eigenvalue weighted by molar-refractivity contribution is 5.95. The normalized spacial score (nSPS) is 15.1. The third-order valence-electron chi connectivity index (χ3n) is 3.19. The fourth-order valence-electron chi connectivity index (χ4n) is 1.98. The van der Waals surface area contributed by atoms with Gasteiger partial charge in [0.05, 0.1) is 22.7 Å². The van der Waals surface area contributed by atoms with Crippen LogP contribution in [0.2, 0.25) is 0 Å². The first-order valence-corrected chi connectivity index (χ1v) is 7.41. The molecule has 0 fully saturated rings. The maximum absolute atomic E-state index is 8.90. The predicted octanol–water partition coefficient (Wildman–Crippen LogP) is 2.37. The van der Waals surface area contributed by atoms with Crippen LogP contribution in [0.5, 0.6) is 0 Å². The number of rotatable bonds is 4. The summed E-state index contributed by atoms with van der Waals surface area (Å²) in [5.74, 6) is 1.73. The van der Waals surface area contributed by atoms with Crippen molar-refractivity contribution in [2.45, 2.75) is 33.6 Å². The SMILES string of the molecule is C=c1/c(=C\C=C/C)nc(C(C)C)n1C(/C=C\C(C)C#N)=N/C. The van der Waals surface area contributed by atoms with Crippen LogP contribution in [0.3, 0.4) is 0 Å². The Morgan fingerprint density at radius 1 is 1.41 bits per heavy atom. The van der Waals surface area contributed by atoms with E-state index in [1.54, 1.807) is 7.05 Å². The van der Waals surface area contributed by atoms with Crippen LogP contribution in [0.15, 0.2) is 29.3 Å². The number of nitriles is 1. The number of hydrogen-bond acceptors (Lipinski definition) is 3. The quantitative estimate of drug-likeness (QED) is 0.632. The Bertz CT molecular complexity index is 739. The van der Waals surface area contributed by atoms with E-state index in [0.717, 1.165) is 22.4 Å². The van der Waals surface area contributed by atoms with Crippen LogP contribution in [0, 0.1) is 17.2 Å². The highest BCUT2D eigenvalue weighted by Crippen LogP contribution is 2.09. The molecule has 1 aromatic rings. The number of aromatic nitrogens is 2. The maximum Gasteiger partial charge on any atom is 0.133 e. The molecular formula is C18H24N4. The molecular weight excluding hydrogens is 272 g/mol. The molecule has 0 saturated carbocycles. The van der Waals surface area contributed by atoms with E-state index < -0.39 is 0 Å². The van der Waals surface area contributed by atoms with Gasteiger partial charge in [0.25, 0.3) is 0 Å². The summed E-state index contributed by atoms with van der Waals surface area (Å²) in [6.45, 7) is 12.1. The molecule has 0 aliphatic rings. The predicted molar refractivity (Wildman–Crippen MR) is 93.0 cm³/mol. The molecule has 1 aromatic heterocycles. The summed E-state index contributed by atoms with van der Waals surface area (Å²) in [6, 6.07) is 2.18. The van der Waals surface area contributed by atoms with Crippen molar-refractivity contribution in [2.75, 3.05) is 7.05 Å². The van der Waals surface area contributed by atoms with E-state index in [4.69, 9.17) is 5.26 Å². The van der Waals surface area contributed by atoms with E-state index in [-0.39, 0.29) is 11.8 Å². The van der Waals surface area contributed by atoms with Gasteiger partial charge in [0.2, 0.25) is 0 Å². The van der Waals surface area contributed by atoms with Crippen LogP contribution in [0.25, 0.3) is 12.7 Å². The number of nitrogens with zero attached hydrogens (tertiary/aromatic N) is 4. The van der Waals surface area contributed by atoms with E-state index in [0.29, 0.717) is 0 Å². The first-order valence-electron chi connectivity index (χ1n) is 7.41. The molecule has 0 aliphatic heterocycles. The Morgan fingerprint density at radius 3 is 2.59 bits per heavy atom.